The van der Waals surface area contributed by atoms with Crippen molar-refractivity contribution in [2.75, 3.05) is 5.32 Å². The number of benzene rings is 1. The van der Waals surface area contributed by atoms with Gasteiger partial charge >= 0.3 is 5.97 Å². The third-order valence-electron chi connectivity index (χ3n) is 2.89. The minimum atomic E-state index is -1.36. The Labute approximate surface area is 120 Å². The largest absolute Gasteiger partial charge is 0.478 e. The highest BCUT2D eigenvalue weighted by molar-refractivity contribution is 6.03. The number of aromatic carboxylic acids is 1. The summed E-state index contributed by atoms with van der Waals surface area (Å²) in [4.78, 5) is 22.9. The summed E-state index contributed by atoms with van der Waals surface area (Å²) in [5.41, 5.74) is 0.804. The second-order valence-corrected chi connectivity index (χ2v) is 4.44. The Morgan fingerprint density at radius 1 is 1.38 bits per heavy atom. The quantitative estimate of drug-likeness (QED) is 0.905. The Balaban J connectivity index is 2.23. The van der Waals surface area contributed by atoms with Crippen LogP contribution in [0, 0.1) is 12.7 Å². The molecule has 2 N–H and O–H groups in total. The predicted molar refractivity (Wildman–Crippen MR) is 74.0 cm³/mol. The summed E-state index contributed by atoms with van der Waals surface area (Å²) in [6.07, 6.45) is 0. The molecular weight excluding hydrogens is 277 g/mol. The molecule has 0 aliphatic heterocycles. The Bertz CT molecular complexity index is 709. The Morgan fingerprint density at radius 2 is 2.10 bits per heavy atom. The Morgan fingerprint density at radius 3 is 2.67 bits per heavy atom. The van der Waals surface area contributed by atoms with Gasteiger partial charge in [0, 0.05) is 12.2 Å². The molecule has 7 heteroatoms. The number of nitrogens with zero attached hydrogens (tertiary/aromatic N) is 2. The lowest BCUT2D eigenvalue weighted by Crippen LogP contribution is -2.17. The molecule has 0 aliphatic rings. The summed E-state index contributed by atoms with van der Waals surface area (Å²) in [5.74, 6) is -2.69. The molecule has 0 saturated carbocycles. The van der Waals surface area contributed by atoms with Crippen LogP contribution in [0.5, 0.6) is 0 Å². The van der Waals surface area contributed by atoms with E-state index in [0.29, 0.717) is 17.9 Å². The minimum absolute atomic E-state index is 0.184. The van der Waals surface area contributed by atoms with Crippen LogP contribution in [0.25, 0.3) is 0 Å². The fourth-order valence-electron chi connectivity index (χ4n) is 1.93. The van der Waals surface area contributed by atoms with Gasteiger partial charge in [-0.1, -0.05) is 0 Å². The molecule has 0 aliphatic carbocycles. The van der Waals surface area contributed by atoms with Crippen LogP contribution in [0.15, 0.2) is 24.3 Å². The van der Waals surface area contributed by atoms with E-state index >= 15 is 0 Å². The average molecular weight is 291 g/mol. The number of halogens is 1. The first-order valence-corrected chi connectivity index (χ1v) is 6.31. The molecule has 0 fully saturated rings. The molecule has 2 rings (SSSR count). The van der Waals surface area contributed by atoms with E-state index in [4.69, 9.17) is 5.11 Å². The highest BCUT2D eigenvalue weighted by Crippen LogP contribution is 2.16. The van der Waals surface area contributed by atoms with E-state index in [1.807, 2.05) is 6.92 Å². The van der Waals surface area contributed by atoms with Gasteiger partial charge in [-0.3, -0.25) is 9.48 Å². The second kappa shape index (κ2) is 5.74. The van der Waals surface area contributed by atoms with Gasteiger partial charge in [-0.15, -0.1) is 0 Å². The molecule has 21 heavy (non-hydrogen) atoms. The third kappa shape index (κ3) is 3.07. The number of amides is 1. The summed E-state index contributed by atoms with van der Waals surface area (Å²) in [6, 6.07) is 5.04. The van der Waals surface area contributed by atoms with Gasteiger partial charge in [0.25, 0.3) is 5.91 Å². The summed E-state index contributed by atoms with van der Waals surface area (Å²) in [7, 11) is 0. The third-order valence-corrected chi connectivity index (χ3v) is 2.89. The van der Waals surface area contributed by atoms with Crippen molar-refractivity contribution in [3.63, 3.8) is 0 Å². The maximum atomic E-state index is 13.6. The zero-order valence-electron chi connectivity index (χ0n) is 11.6. The zero-order valence-corrected chi connectivity index (χ0v) is 11.6. The SMILES string of the molecule is CCn1nc(C)cc1C(=O)Nc1ccc(C(=O)O)c(F)c1. The van der Waals surface area contributed by atoms with Crippen molar-refractivity contribution in [2.24, 2.45) is 0 Å². The fourth-order valence-corrected chi connectivity index (χ4v) is 1.93. The van der Waals surface area contributed by atoms with Crippen LogP contribution in [-0.4, -0.2) is 26.8 Å². The minimum Gasteiger partial charge on any atom is -0.478 e. The maximum absolute atomic E-state index is 13.6. The van der Waals surface area contributed by atoms with Gasteiger partial charge in [-0.25, -0.2) is 9.18 Å². The molecule has 0 atom stereocenters. The second-order valence-electron chi connectivity index (χ2n) is 4.44. The average Bonchev–Trinajstić information content (AvgIpc) is 2.79. The van der Waals surface area contributed by atoms with Gasteiger partial charge in [0.05, 0.1) is 11.3 Å². The molecule has 1 heterocycles. The van der Waals surface area contributed by atoms with Gasteiger partial charge in [0.2, 0.25) is 0 Å². The molecule has 1 aromatic heterocycles. The monoisotopic (exact) mass is 291 g/mol. The number of aromatic nitrogens is 2. The first-order chi connectivity index (χ1) is 9.92. The molecule has 0 saturated heterocycles. The number of rotatable bonds is 4. The summed E-state index contributed by atoms with van der Waals surface area (Å²) in [5, 5.41) is 15.4. The van der Waals surface area contributed by atoms with Gasteiger partial charge < -0.3 is 10.4 Å². The van der Waals surface area contributed by atoms with Crippen LogP contribution < -0.4 is 5.32 Å². The number of carboxylic acid groups (broad SMARTS) is 1. The number of carbonyl (C=O) groups excluding carboxylic acids is 1. The lowest BCUT2D eigenvalue weighted by atomic mass is 10.2. The van der Waals surface area contributed by atoms with Crippen molar-refractivity contribution in [1.82, 2.24) is 9.78 Å². The summed E-state index contributed by atoms with van der Waals surface area (Å²) >= 11 is 0. The van der Waals surface area contributed by atoms with Crippen LogP contribution in [0.4, 0.5) is 10.1 Å². The number of carboxylic acids is 1. The molecule has 0 bridgehead atoms. The van der Waals surface area contributed by atoms with Crippen LogP contribution >= 0.6 is 0 Å². The zero-order chi connectivity index (χ0) is 15.6. The number of carbonyl (C=O) groups is 2. The molecule has 0 spiro atoms. The Kier molecular flexibility index (Phi) is 4.02. The van der Waals surface area contributed by atoms with Crippen LogP contribution in [0.1, 0.15) is 33.5 Å². The van der Waals surface area contributed by atoms with E-state index < -0.39 is 23.3 Å². The maximum Gasteiger partial charge on any atom is 0.338 e. The van der Waals surface area contributed by atoms with Crippen molar-refractivity contribution in [3.8, 4) is 0 Å². The van der Waals surface area contributed by atoms with Crippen molar-refractivity contribution in [3.05, 3.63) is 47.0 Å². The van der Waals surface area contributed by atoms with Crippen molar-refractivity contribution >= 4 is 17.6 Å². The molecular formula is C14H14FN3O3. The fraction of sp³-hybridized carbons (Fsp3) is 0.214. The number of hydrogen-bond donors (Lipinski definition) is 2. The number of aryl methyl sites for hydroxylation is 2. The normalized spacial score (nSPS) is 10.4. The topological polar surface area (TPSA) is 84.2 Å². The first-order valence-electron chi connectivity index (χ1n) is 6.31. The molecule has 0 unspecified atom stereocenters. The van der Waals surface area contributed by atoms with Crippen molar-refractivity contribution < 1.29 is 19.1 Å². The number of nitrogens with one attached hydrogen (secondary N) is 1. The van der Waals surface area contributed by atoms with Gasteiger partial charge in [-0.2, -0.15) is 5.10 Å². The standard InChI is InChI=1S/C14H14FN3O3/c1-3-18-12(6-8(2)17-18)13(19)16-9-4-5-10(14(20)21)11(15)7-9/h4-7H,3H2,1-2H3,(H,16,19)(H,20,21). The molecule has 110 valence electrons. The van der Waals surface area contributed by atoms with Crippen LogP contribution in [0.2, 0.25) is 0 Å². The lowest BCUT2D eigenvalue weighted by molar-refractivity contribution is 0.0692. The predicted octanol–water partition coefficient (Wildman–Crippen LogP) is 2.30. The molecule has 2 aromatic rings. The van der Waals surface area contributed by atoms with Crippen molar-refractivity contribution in [2.45, 2.75) is 20.4 Å². The van der Waals surface area contributed by atoms with E-state index in [9.17, 15) is 14.0 Å². The highest BCUT2D eigenvalue weighted by Gasteiger charge is 2.15. The summed E-state index contributed by atoms with van der Waals surface area (Å²) in [6.45, 7) is 4.15. The van der Waals surface area contributed by atoms with Gasteiger partial charge in [0.1, 0.15) is 11.5 Å². The van der Waals surface area contributed by atoms with E-state index in [1.165, 1.54) is 10.7 Å². The first kappa shape index (κ1) is 14.7. The smallest absolute Gasteiger partial charge is 0.338 e. The number of anilines is 1. The van der Waals surface area contributed by atoms with E-state index in [0.717, 1.165) is 12.1 Å². The number of hydrogen-bond acceptors (Lipinski definition) is 3. The summed E-state index contributed by atoms with van der Waals surface area (Å²) < 4.78 is 15.1. The van der Waals surface area contributed by atoms with Gasteiger partial charge in [0.15, 0.2) is 0 Å². The molecule has 0 radical (unpaired) electrons. The molecule has 1 amide bonds. The highest BCUT2D eigenvalue weighted by atomic mass is 19.1. The van der Waals surface area contributed by atoms with Crippen molar-refractivity contribution in [1.29, 1.82) is 0 Å². The molecule has 1 aromatic carbocycles. The lowest BCUT2D eigenvalue weighted by Gasteiger charge is -2.07. The van der Waals surface area contributed by atoms with E-state index in [1.54, 1.807) is 13.0 Å². The molecule has 6 nitrogen and oxygen atoms in total. The van der Waals surface area contributed by atoms with E-state index in [2.05, 4.69) is 10.4 Å². The van der Waals surface area contributed by atoms with Gasteiger partial charge in [-0.05, 0) is 38.1 Å². The van der Waals surface area contributed by atoms with Crippen LogP contribution in [0.3, 0.4) is 0 Å². The van der Waals surface area contributed by atoms with E-state index in [-0.39, 0.29) is 5.69 Å². The van der Waals surface area contributed by atoms with Crippen LogP contribution in [-0.2, 0) is 6.54 Å². The Hall–Kier alpha value is -2.70.